The van der Waals surface area contributed by atoms with Crippen molar-refractivity contribution in [3.63, 3.8) is 0 Å². The van der Waals surface area contributed by atoms with E-state index in [0.29, 0.717) is 17.1 Å². The summed E-state index contributed by atoms with van der Waals surface area (Å²) in [7, 11) is 3.12. The Hall–Kier alpha value is -3.08. The van der Waals surface area contributed by atoms with Gasteiger partial charge >= 0.3 is 5.69 Å². The van der Waals surface area contributed by atoms with Crippen LogP contribution in [0.15, 0.2) is 32.9 Å². The third kappa shape index (κ3) is 2.97. The van der Waals surface area contributed by atoms with E-state index in [2.05, 4.69) is 4.98 Å². The molecule has 0 fully saturated rings. The second-order valence-corrected chi connectivity index (χ2v) is 8.15. The van der Waals surface area contributed by atoms with E-state index in [1.165, 1.54) is 39.9 Å². The van der Waals surface area contributed by atoms with Gasteiger partial charge < -0.3 is 14.0 Å². The van der Waals surface area contributed by atoms with Crippen LogP contribution in [-0.2, 0) is 36.7 Å². The predicted octanol–water partition coefficient (Wildman–Crippen LogP) is -0.0382. The van der Waals surface area contributed by atoms with Crippen molar-refractivity contribution in [2.45, 2.75) is 10.9 Å². The number of fused-ring (bicyclic) bond motifs is 1. The Morgan fingerprint density at radius 2 is 1.68 bits per heavy atom. The van der Waals surface area contributed by atoms with Crippen molar-refractivity contribution in [3.05, 3.63) is 44.6 Å². The molecule has 0 aliphatic rings. The first-order valence-electron chi connectivity index (χ1n) is 8.18. The topological polar surface area (TPSA) is 114 Å². The molecule has 0 aliphatic heterocycles. The van der Waals surface area contributed by atoms with Gasteiger partial charge in [-0.05, 0) is 18.2 Å². The van der Waals surface area contributed by atoms with Crippen LogP contribution in [0, 0.1) is 0 Å². The maximum atomic E-state index is 13.1. The summed E-state index contributed by atoms with van der Waals surface area (Å²) in [5.41, 5.74) is -0.786. The van der Waals surface area contributed by atoms with Crippen LogP contribution in [0.3, 0.4) is 0 Å². The number of sulfone groups is 1. The average molecular weight is 408 g/mol. The molecule has 28 heavy (non-hydrogen) atoms. The quantitative estimate of drug-likeness (QED) is 0.582. The van der Waals surface area contributed by atoms with Crippen molar-refractivity contribution in [1.82, 2.24) is 18.7 Å². The summed E-state index contributed by atoms with van der Waals surface area (Å²) in [6.45, 7) is 0. The molecular weight excluding hydrogens is 388 g/mol. The molecule has 0 N–H and O–H groups in total. The third-order valence-electron chi connectivity index (χ3n) is 4.55. The van der Waals surface area contributed by atoms with Gasteiger partial charge in [-0.25, -0.2) is 13.2 Å². The van der Waals surface area contributed by atoms with E-state index in [1.54, 1.807) is 18.2 Å². The van der Waals surface area contributed by atoms with Crippen molar-refractivity contribution in [3.8, 4) is 11.5 Å². The van der Waals surface area contributed by atoms with E-state index < -0.39 is 26.8 Å². The van der Waals surface area contributed by atoms with Gasteiger partial charge in [0.25, 0.3) is 5.56 Å². The average Bonchev–Trinajstić information content (AvgIpc) is 3.02. The van der Waals surface area contributed by atoms with E-state index >= 15 is 0 Å². The van der Waals surface area contributed by atoms with Crippen molar-refractivity contribution < 1.29 is 17.9 Å². The number of ether oxygens (including phenoxy) is 2. The summed E-state index contributed by atoms with van der Waals surface area (Å²) in [5.74, 6) is 0.442. The molecule has 11 heteroatoms. The lowest BCUT2D eigenvalue weighted by Crippen LogP contribution is -2.37. The molecule has 0 saturated carbocycles. The Labute approximate surface area is 160 Å². The summed E-state index contributed by atoms with van der Waals surface area (Å²) in [6, 6.07) is 4.83. The molecule has 0 spiro atoms. The minimum Gasteiger partial charge on any atom is -0.497 e. The van der Waals surface area contributed by atoms with Crippen LogP contribution >= 0.6 is 0 Å². The summed E-state index contributed by atoms with van der Waals surface area (Å²) < 4.78 is 39.8. The standard InChI is InChI=1S/C17H20N4O6S/c1-19-13-14(20(2)17(23)21(3)15(13)22)18-16(19)28(24,25)9-10-8-11(26-4)6-7-12(10)27-5/h6-8H,9H2,1-5H3. The highest BCUT2D eigenvalue weighted by Gasteiger charge is 2.27. The van der Waals surface area contributed by atoms with Crippen molar-refractivity contribution in [2.24, 2.45) is 21.1 Å². The maximum absolute atomic E-state index is 13.1. The van der Waals surface area contributed by atoms with Gasteiger partial charge in [-0.2, -0.15) is 4.98 Å². The van der Waals surface area contributed by atoms with Crippen LogP contribution in [0.4, 0.5) is 0 Å². The number of rotatable bonds is 5. The Bertz CT molecular complexity index is 1300. The van der Waals surface area contributed by atoms with Crippen LogP contribution in [0.2, 0.25) is 0 Å². The van der Waals surface area contributed by atoms with Gasteiger partial charge in [0.1, 0.15) is 11.5 Å². The second-order valence-electron chi connectivity index (χ2n) is 6.27. The third-order valence-corrected chi connectivity index (χ3v) is 6.16. The van der Waals surface area contributed by atoms with Gasteiger partial charge in [-0.1, -0.05) is 0 Å². The smallest absolute Gasteiger partial charge is 0.332 e. The van der Waals surface area contributed by atoms with Gasteiger partial charge in [-0.3, -0.25) is 13.9 Å². The lowest BCUT2D eigenvalue weighted by Gasteiger charge is -2.11. The molecule has 0 amide bonds. The van der Waals surface area contributed by atoms with Crippen LogP contribution in [0.5, 0.6) is 11.5 Å². The van der Waals surface area contributed by atoms with Crippen LogP contribution in [0.25, 0.3) is 11.2 Å². The zero-order valence-corrected chi connectivity index (χ0v) is 16.9. The van der Waals surface area contributed by atoms with Gasteiger partial charge in [0.2, 0.25) is 15.0 Å². The molecule has 1 aromatic carbocycles. The molecule has 0 saturated heterocycles. The van der Waals surface area contributed by atoms with E-state index in [-0.39, 0.29) is 16.3 Å². The van der Waals surface area contributed by atoms with Gasteiger partial charge in [0, 0.05) is 26.7 Å². The summed E-state index contributed by atoms with van der Waals surface area (Å²) in [4.78, 5) is 28.7. The number of aryl methyl sites for hydroxylation is 2. The SMILES string of the molecule is COc1ccc(OC)c(CS(=O)(=O)c2nc3c(c(=O)n(C)c(=O)n3C)n2C)c1. The molecule has 0 bridgehead atoms. The first kappa shape index (κ1) is 19.7. The van der Waals surface area contributed by atoms with Crippen LogP contribution < -0.4 is 20.7 Å². The molecule has 10 nitrogen and oxygen atoms in total. The molecule has 150 valence electrons. The number of methoxy groups -OCH3 is 2. The van der Waals surface area contributed by atoms with Crippen LogP contribution in [0.1, 0.15) is 5.56 Å². The lowest BCUT2D eigenvalue weighted by atomic mass is 10.2. The van der Waals surface area contributed by atoms with E-state index in [0.717, 1.165) is 9.13 Å². The minimum atomic E-state index is -3.97. The second kappa shape index (κ2) is 6.82. The fourth-order valence-electron chi connectivity index (χ4n) is 3.04. The molecule has 2 aromatic heterocycles. The van der Waals surface area contributed by atoms with Crippen molar-refractivity contribution >= 4 is 21.0 Å². The molecule has 0 radical (unpaired) electrons. The molecule has 0 atom stereocenters. The number of hydrogen-bond acceptors (Lipinski definition) is 7. The van der Waals surface area contributed by atoms with Crippen LogP contribution in [-0.4, -0.2) is 41.3 Å². The van der Waals surface area contributed by atoms with E-state index in [1.807, 2.05) is 0 Å². The van der Waals surface area contributed by atoms with Crippen molar-refractivity contribution in [1.29, 1.82) is 0 Å². The maximum Gasteiger partial charge on any atom is 0.332 e. The molecule has 3 aromatic rings. The Kier molecular flexibility index (Phi) is 4.79. The highest BCUT2D eigenvalue weighted by Crippen LogP contribution is 2.28. The predicted molar refractivity (Wildman–Crippen MR) is 102 cm³/mol. The highest BCUT2D eigenvalue weighted by atomic mass is 32.2. The fourth-order valence-corrected chi connectivity index (χ4v) is 4.54. The summed E-state index contributed by atoms with van der Waals surface area (Å²) in [5, 5.41) is -0.314. The fraction of sp³-hybridized carbons (Fsp3) is 0.353. The first-order valence-corrected chi connectivity index (χ1v) is 9.83. The largest absolute Gasteiger partial charge is 0.497 e. The van der Waals surface area contributed by atoms with Crippen molar-refractivity contribution in [2.75, 3.05) is 14.2 Å². The molecule has 2 heterocycles. The molecular formula is C17H20N4O6S. The zero-order chi connectivity index (χ0) is 20.8. The summed E-state index contributed by atoms with van der Waals surface area (Å²) in [6.07, 6.45) is 0. The Morgan fingerprint density at radius 3 is 2.29 bits per heavy atom. The minimum absolute atomic E-state index is 0.00628. The first-order chi connectivity index (χ1) is 13.1. The number of hydrogen-bond donors (Lipinski definition) is 0. The van der Waals surface area contributed by atoms with Gasteiger partial charge in [0.15, 0.2) is 11.2 Å². The van der Waals surface area contributed by atoms with E-state index in [9.17, 15) is 18.0 Å². The number of aromatic nitrogens is 4. The number of benzene rings is 1. The van der Waals surface area contributed by atoms with E-state index in [4.69, 9.17) is 9.47 Å². The number of imidazole rings is 1. The number of nitrogens with zero attached hydrogens (tertiary/aromatic N) is 4. The highest BCUT2D eigenvalue weighted by molar-refractivity contribution is 7.90. The molecule has 0 aliphatic carbocycles. The Balaban J connectivity index is 2.21. The van der Waals surface area contributed by atoms with Gasteiger partial charge in [0.05, 0.1) is 20.0 Å². The van der Waals surface area contributed by atoms with Gasteiger partial charge in [-0.15, -0.1) is 0 Å². The lowest BCUT2D eigenvalue weighted by molar-refractivity contribution is 0.400. The normalized spacial score (nSPS) is 11.8. The molecule has 0 unspecified atom stereocenters. The Morgan fingerprint density at radius 1 is 1.00 bits per heavy atom. The molecule has 3 rings (SSSR count). The monoisotopic (exact) mass is 408 g/mol. The zero-order valence-electron chi connectivity index (χ0n) is 16.1. The summed E-state index contributed by atoms with van der Waals surface area (Å²) >= 11 is 0.